The fourth-order valence-electron chi connectivity index (χ4n) is 4.08. The summed E-state index contributed by atoms with van der Waals surface area (Å²) in [5, 5.41) is 0. The van der Waals surface area contributed by atoms with E-state index in [9.17, 15) is 4.79 Å². The number of carbonyl (C=O) groups excluding carboxylic acids is 1. The molecule has 0 unspecified atom stereocenters. The van der Waals surface area contributed by atoms with E-state index in [2.05, 4.69) is 21.6 Å². The molecule has 2 aliphatic rings. The van der Waals surface area contributed by atoms with Crippen molar-refractivity contribution >= 4 is 59.6 Å². The van der Waals surface area contributed by atoms with Gasteiger partial charge in [-0.1, -0.05) is 0 Å². The summed E-state index contributed by atoms with van der Waals surface area (Å²) in [5.41, 5.74) is 7.38. The van der Waals surface area contributed by atoms with Gasteiger partial charge in [-0.2, -0.15) is 0 Å². The van der Waals surface area contributed by atoms with E-state index in [1.165, 1.54) is 37.7 Å². The van der Waals surface area contributed by atoms with Crippen LogP contribution >= 0.6 is 11.3 Å². The molecule has 161 valence electrons. The zero-order valence-electron chi connectivity index (χ0n) is 17.9. The molecule has 2 saturated heterocycles. The summed E-state index contributed by atoms with van der Waals surface area (Å²) in [6.07, 6.45) is 0. The number of fused-ring (bicyclic) bond motifs is 1. The summed E-state index contributed by atoms with van der Waals surface area (Å²) in [5.74, 6) is 0.811. The first-order chi connectivity index (χ1) is 14.3. The number of carbonyl (C=O) groups is 1. The molecule has 2 aromatic rings. The maximum absolute atomic E-state index is 11.8. The van der Waals surface area contributed by atoms with Gasteiger partial charge in [0.1, 0.15) is 0 Å². The molecule has 2 aromatic heterocycles. The van der Waals surface area contributed by atoms with Gasteiger partial charge < -0.3 is 5.73 Å². The summed E-state index contributed by atoms with van der Waals surface area (Å²) >= 11 is 3.07. The zero-order valence-corrected chi connectivity index (χ0v) is 21.6. The van der Waals surface area contributed by atoms with E-state index in [-0.39, 0.29) is 5.91 Å². The topological polar surface area (TPSA) is 87.8 Å². The molecule has 4 heterocycles. The van der Waals surface area contributed by atoms with E-state index in [0.717, 1.165) is 74.2 Å². The standard InChI is InChI=1S/C20H29N6O2S.Sn/c1-14-15(12-24-4-6-26(7-5-24)20(2,3)19(21)27)29-17-16(14)22-13-23-18(17)25-8-10-28-11-9-25;/h4-12H2,1-3H3,(H2,21,27);. The van der Waals surface area contributed by atoms with Crippen LogP contribution in [-0.2, 0) is 16.1 Å². The van der Waals surface area contributed by atoms with Gasteiger partial charge in [-0.3, -0.25) is 4.79 Å². The van der Waals surface area contributed by atoms with Crippen molar-refractivity contribution in [1.29, 1.82) is 0 Å². The fourth-order valence-corrected chi connectivity index (χ4v) is 6.01. The average molecular weight is 536 g/mol. The first kappa shape index (κ1) is 22.2. The van der Waals surface area contributed by atoms with Crippen LogP contribution in [0, 0.1) is 6.92 Å². The Morgan fingerprint density at radius 2 is 1.83 bits per heavy atom. The quantitative estimate of drug-likeness (QED) is 0.540. The average Bonchev–Trinajstić information content (AvgIpc) is 3.04. The van der Waals surface area contributed by atoms with Gasteiger partial charge in [-0.05, 0) is 0 Å². The number of morpholine rings is 1. The third-order valence-electron chi connectivity index (χ3n) is 6.29. The Labute approximate surface area is 194 Å². The van der Waals surface area contributed by atoms with Crippen molar-refractivity contribution in [3.8, 4) is 0 Å². The third kappa shape index (κ3) is 4.32. The van der Waals surface area contributed by atoms with Crippen LogP contribution in [0.25, 0.3) is 10.2 Å². The minimum atomic E-state index is -0.595. The van der Waals surface area contributed by atoms with E-state index in [1.54, 1.807) is 0 Å². The molecule has 0 atom stereocenters. The number of hydrogen-bond acceptors (Lipinski definition) is 8. The van der Waals surface area contributed by atoms with Gasteiger partial charge in [0, 0.05) is 0 Å². The summed E-state index contributed by atoms with van der Waals surface area (Å²) in [4.78, 5) is 29.8. The summed E-state index contributed by atoms with van der Waals surface area (Å²) in [6.45, 7) is 13.7. The van der Waals surface area contributed by atoms with Crippen LogP contribution < -0.4 is 14.5 Å². The molecule has 2 N–H and O–H groups in total. The van der Waals surface area contributed by atoms with Gasteiger partial charge in [-0.25, -0.2) is 0 Å². The molecule has 0 aromatic carbocycles. The van der Waals surface area contributed by atoms with E-state index < -0.39 is 5.54 Å². The molecule has 8 nitrogen and oxygen atoms in total. The van der Waals surface area contributed by atoms with E-state index in [4.69, 9.17) is 20.4 Å². The molecule has 4 rings (SSSR count). The van der Waals surface area contributed by atoms with E-state index in [1.807, 2.05) is 25.2 Å². The normalized spacial score (nSPS) is 19.5. The first-order valence-electron chi connectivity index (χ1n) is 10.4. The van der Waals surface area contributed by atoms with Crippen molar-refractivity contribution in [2.45, 2.75) is 32.9 Å². The number of thiophene rings is 1. The van der Waals surface area contributed by atoms with Gasteiger partial charge in [0.2, 0.25) is 0 Å². The molecule has 0 saturated carbocycles. The van der Waals surface area contributed by atoms with Crippen molar-refractivity contribution < 1.29 is 9.53 Å². The van der Waals surface area contributed by atoms with Crippen LogP contribution in [0.3, 0.4) is 0 Å². The molecule has 2 fully saturated rings. The molecule has 0 aliphatic carbocycles. The molecule has 0 bridgehead atoms. The van der Waals surface area contributed by atoms with Gasteiger partial charge in [-0.15, -0.1) is 0 Å². The second-order valence-electron chi connectivity index (χ2n) is 8.48. The minimum absolute atomic E-state index is 0.261. The molecule has 0 spiro atoms. The molecule has 3 radical (unpaired) electrons. The number of hydrogen-bond donors (Lipinski definition) is 1. The predicted octanol–water partition coefficient (Wildman–Crippen LogP) is 0.0116. The SMILES string of the molecule is Cc1c(CN2CCN(C(C)(C)C(N)=O)CC2)sc2c(N3CCOCC3)n[c]([Sn])nc12. The van der Waals surface area contributed by atoms with E-state index in [0.29, 0.717) is 0 Å². The van der Waals surface area contributed by atoms with Crippen LogP contribution in [0.5, 0.6) is 0 Å². The van der Waals surface area contributed by atoms with Crippen molar-refractivity contribution in [1.82, 2.24) is 19.8 Å². The van der Waals surface area contributed by atoms with Gasteiger partial charge >= 0.3 is 185 Å². The van der Waals surface area contributed by atoms with Gasteiger partial charge in [0.05, 0.1) is 0 Å². The first-order valence-corrected chi connectivity index (χ1v) is 12.6. The Kier molecular flexibility index (Phi) is 6.55. The Bertz CT molecular complexity index is 935. The second kappa shape index (κ2) is 8.85. The number of nitrogens with two attached hydrogens (primary N) is 1. The monoisotopic (exact) mass is 537 g/mol. The zero-order chi connectivity index (χ0) is 21.5. The van der Waals surface area contributed by atoms with Crippen LogP contribution in [0.15, 0.2) is 0 Å². The molecule has 10 heteroatoms. The van der Waals surface area contributed by atoms with Crippen LogP contribution in [0.4, 0.5) is 5.82 Å². The van der Waals surface area contributed by atoms with Crippen molar-refractivity contribution in [3.63, 3.8) is 0 Å². The number of aromatic nitrogens is 2. The van der Waals surface area contributed by atoms with Crippen LogP contribution in [0.1, 0.15) is 24.3 Å². The number of amides is 1. The fraction of sp³-hybridized carbons (Fsp3) is 0.650. The van der Waals surface area contributed by atoms with Crippen molar-refractivity contribution in [3.05, 3.63) is 10.4 Å². The third-order valence-corrected chi connectivity index (χ3v) is 8.19. The molecule has 1 amide bonds. The Morgan fingerprint density at radius 1 is 1.17 bits per heavy atom. The van der Waals surface area contributed by atoms with Gasteiger partial charge in [0.15, 0.2) is 0 Å². The molecular formula is C20H29N6O2SSn. The van der Waals surface area contributed by atoms with Crippen LogP contribution in [-0.4, -0.2) is 106 Å². The van der Waals surface area contributed by atoms with Crippen molar-refractivity contribution in [2.24, 2.45) is 5.73 Å². The number of nitrogens with zero attached hydrogens (tertiary/aromatic N) is 5. The number of aryl methyl sites for hydroxylation is 1. The number of rotatable bonds is 5. The second-order valence-corrected chi connectivity index (χ2v) is 10.9. The number of primary amides is 1. The van der Waals surface area contributed by atoms with E-state index >= 15 is 0 Å². The number of anilines is 1. The summed E-state index contributed by atoms with van der Waals surface area (Å²) in [6, 6.07) is 0. The molecule has 30 heavy (non-hydrogen) atoms. The predicted molar refractivity (Wildman–Crippen MR) is 121 cm³/mol. The van der Waals surface area contributed by atoms with Crippen molar-refractivity contribution in [2.75, 3.05) is 57.4 Å². The summed E-state index contributed by atoms with van der Waals surface area (Å²) in [7, 11) is 0. The number of piperazine rings is 1. The molecule has 2 aliphatic heterocycles. The Hall–Kier alpha value is -1.01. The molecular weight excluding hydrogens is 507 g/mol. The number of ether oxygens (including phenoxy) is 1. The summed E-state index contributed by atoms with van der Waals surface area (Å²) < 4.78 is 7.63. The van der Waals surface area contributed by atoms with Gasteiger partial charge in [0.25, 0.3) is 0 Å². The Balaban J connectivity index is 1.53. The van der Waals surface area contributed by atoms with Crippen LogP contribution in [0.2, 0.25) is 0 Å². The Morgan fingerprint density at radius 3 is 2.47 bits per heavy atom. The maximum atomic E-state index is 11.8.